The molecule has 112 valence electrons. The Balaban J connectivity index is 1.70. The lowest BCUT2D eigenvalue weighted by Gasteiger charge is -2.29. The molecule has 1 aliphatic carbocycles. The van der Waals surface area contributed by atoms with Crippen molar-refractivity contribution in [1.29, 1.82) is 0 Å². The molecule has 2 fully saturated rings. The minimum atomic E-state index is 0.367. The number of nitrogens with one attached hydrogen (secondary N) is 1. The first-order chi connectivity index (χ1) is 9.88. The van der Waals surface area contributed by atoms with Crippen molar-refractivity contribution in [2.45, 2.75) is 44.6 Å². The van der Waals surface area contributed by atoms with Gasteiger partial charge >= 0.3 is 0 Å². The van der Waals surface area contributed by atoms with Crippen LogP contribution in [0.15, 0.2) is 4.52 Å². The lowest BCUT2D eigenvalue weighted by atomic mass is 9.84. The first kappa shape index (κ1) is 13.8. The molecule has 2 aliphatic rings. The molecular formula is C14H24N4O2. The van der Waals surface area contributed by atoms with E-state index in [2.05, 4.69) is 27.3 Å². The van der Waals surface area contributed by atoms with Crippen LogP contribution < -0.4 is 10.2 Å². The van der Waals surface area contributed by atoms with Gasteiger partial charge < -0.3 is 19.5 Å². The Kier molecular flexibility index (Phi) is 4.52. The van der Waals surface area contributed by atoms with Gasteiger partial charge in [-0.2, -0.15) is 4.98 Å². The second-order valence-corrected chi connectivity index (χ2v) is 5.59. The van der Waals surface area contributed by atoms with Crippen molar-refractivity contribution in [1.82, 2.24) is 15.5 Å². The molecule has 20 heavy (non-hydrogen) atoms. The number of anilines is 1. The van der Waals surface area contributed by atoms with E-state index in [1.807, 2.05) is 0 Å². The summed E-state index contributed by atoms with van der Waals surface area (Å²) in [6.45, 7) is 6.32. The van der Waals surface area contributed by atoms with Gasteiger partial charge in [-0.1, -0.05) is 19.8 Å². The van der Waals surface area contributed by atoms with Crippen molar-refractivity contribution >= 4 is 5.95 Å². The zero-order valence-corrected chi connectivity index (χ0v) is 12.2. The molecule has 1 saturated carbocycles. The van der Waals surface area contributed by atoms with E-state index < -0.39 is 0 Å². The monoisotopic (exact) mass is 280 g/mol. The SMILES string of the molecule is CCNC1CCCCC1c1nc(N2CCOCC2)no1. The second kappa shape index (κ2) is 6.54. The van der Waals surface area contributed by atoms with Gasteiger partial charge in [-0.15, -0.1) is 0 Å². The van der Waals surface area contributed by atoms with Gasteiger partial charge in [0.15, 0.2) is 0 Å². The Hall–Kier alpha value is -1.14. The molecule has 0 amide bonds. The van der Waals surface area contributed by atoms with E-state index in [1.165, 1.54) is 19.3 Å². The Morgan fingerprint density at radius 3 is 2.85 bits per heavy atom. The van der Waals surface area contributed by atoms with E-state index in [-0.39, 0.29) is 0 Å². The number of morpholine rings is 1. The van der Waals surface area contributed by atoms with Crippen LogP contribution in [0.5, 0.6) is 0 Å². The van der Waals surface area contributed by atoms with Crippen LogP contribution in [0.1, 0.15) is 44.4 Å². The molecule has 3 rings (SSSR count). The Morgan fingerprint density at radius 2 is 2.05 bits per heavy atom. The fraction of sp³-hybridized carbons (Fsp3) is 0.857. The molecule has 0 radical (unpaired) electrons. The van der Waals surface area contributed by atoms with E-state index in [0.29, 0.717) is 12.0 Å². The van der Waals surface area contributed by atoms with Gasteiger partial charge in [0, 0.05) is 19.1 Å². The Labute approximate surface area is 119 Å². The zero-order valence-electron chi connectivity index (χ0n) is 12.2. The first-order valence-electron chi connectivity index (χ1n) is 7.78. The normalized spacial score (nSPS) is 27.8. The van der Waals surface area contributed by atoms with Crippen LogP contribution in [0.3, 0.4) is 0 Å². The molecule has 1 aromatic rings. The molecule has 2 atom stereocenters. The van der Waals surface area contributed by atoms with Crippen molar-refractivity contribution in [3.8, 4) is 0 Å². The maximum absolute atomic E-state index is 5.55. The molecule has 2 unspecified atom stereocenters. The van der Waals surface area contributed by atoms with Crippen LogP contribution in [-0.2, 0) is 4.74 Å². The summed E-state index contributed by atoms with van der Waals surface area (Å²) in [7, 11) is 0. The van der Waals surface area contributed by atoms with E-state index in [9.17, 15) is 0 Å². The lowest BCUT2D eigenvalue weighted by molar-refractivity contribution is 0.121. The number of ether oxygens (including phenoxy) is 1. The number of hydrogen-bond donors (Lipinski definition) is 1. The van der Waals surface area contributed by atoms with Crippen LogP contribution in [0.4, 0.5) is 5.95 Å². The van der Waals surface area contributed by atoms with Crippen LogP contribution in [0.25, 0.3) is 0 Å². The van der Waals surface area contributed by atoms with Gasteiger partial charge in [-0.05, 0) is 24.5 Å². The first-order valence-corrected chi connectivity index (χ1v) is 7.78. The van der Waals surface area contributed by atoms with E-state index >= 15 is 0 Å². The summed E-state index contributed by atoms with van der Waals surface area (Å²) in [6.07, 6.45) is 4.89. The van der Waals surface area contributed by atoms with Crippen molar-refractivity contribution in [3.63, 3.8) is 0 Å². The van der Waals surface area contributed by atoms with Crippen molar-refractivity contribution in [3.05, 3.63) is 5.89 Å². The third-order valence-electron chi connectivity index (χ3n) is 4.27. The standard InChI is InChI=1S/C14H24N4O2/c1-2-15-12-6-4-3-5-11(12)13-16-14(17-20-13)18-7-9-19-10-8-18/h11-12,15H,2-10H2,1H3. The molecule has 1 N–H and O–H groups in total. The number of hydrogen-bond acceptors (Lipinski definition) is 6. The molecule has 1 saturated heterocycles. The molecule has 0 aromatic carbocycles. The van der Waals surface area contributed by atoms with Crippen LogP contribution in [0.2, 0.25) is 0 Å². The number of likely N-dealkylation sites (N-methyl/N-ethyl adjacent to an activating group) is 1. The topological polar surface area (TPSA) is 63.4 Å². The highest BCUT2D eigenvalue weighted by molar-refractivity contribution is 5.28. The fourth-order valence-corrected chi connectivity index (χ4v) is 3.20. The summed E-state index contributed by atoms with van der Waals surface area (Å²) in [6, 6.07) is 0.478. The quantitative estimate of drug-likeness (QED) is 0.902. The molecule has 1 aliphatic heterocycles. The maximum atomic E-state index is 5.55. The van der Waals surface area contributed by atoms with Crippen LogP contribution >= 0.6 is 0 Å². The third kappa shape index (κ3) is 2.96. The van der Waals surface area contributed by atoms with E-state index in [4.69, 9.17) is 9.26 Å². The molecule has 0 spiro atoms. The third-order valence-corrected chi connectivity index (χ3v) is 4.27. The summed E-state index contributed by atoms with van der Waals surface area (Å²) in [5.74, 6) is 1.90. The van der Waals surface area contributed by atoms with E-state index in [1.54, 1.807) is 0 Å². The summed E-state index contributed by atoms with van der Waals surface area (Å²) in [5, 5.41) is 7.73. The van der Waals surface area contributed by atoms with Gasteiger partial charge in [0.1, 0.15) is 0 Å². The average Bonchev–Trinajstić information content (AvgIpc) is 2.99. The van der Waals surface area contributed by atoms with Gasteiger partial charge in [0.25, 0.3) is 5.95 Å². The number of aromatic nitrogens is 2. The average molecular weight is 280 g/mol. The highest BCUT2D eigenvalue weighted by atomic mass is 16.5. The predicted octanol–water partition coefficient (Wildman–Crippen LogP) is 1.54. The Morgan fingerprint density at radius 1 is 1.25 bits per heavy atom. The van der Waals surface area contributed by atoms with Crippen molar-refractivity contribution in [2.75, 3.05) is 37.7 Å². The van der Waals surface area contributed by atoms with Gasteiger partial charge in [-0.25, -0.2) is 0 Å². The van der Waals surface area contributed by atoms with Gasteiger partial charge in [0.2, 0.25) is 5.89 Å². The molecule has 2 heterocycles. The van der Waals surface area contributed by atoms with Gasteiger partial charge in [-0.3, -0.25) is 0 Å². The molecule has 1 aromatic heterocycles. The summed E-state index contributed by atoms with van der Waals surface area (Å²) < 4.78 is 10.9. The maximum Gasteiger partial charge on any atom is 0.266 e. The fourth-order valence-electron chi connectivity index (χ4n) is 3.20. The van der Waals surface area contributed by atoms with Crippen LogP contribution in [0, 0.1) is 0 Å². The number of nitrogens with zero attached hydrogens (tertiary/aromatic N) is 3. The van der Waals surface area contributed by atoms with Gasteiger partial charge in [0.05, 0.1) is 19.1 Å². The summed E-state index contributed by atoms with van der Waals surface area (Å²) >= 11 is 0. The van der Waals surface area contributed by atoms with Crippen LogP contribution in [-0.4, -0.2) is 49.0 Å². The predicted molar refractivity (Wildman–Crippen MR) is 76.0 cm³/mol. The minimum Gasteiger partial charge on any atom is -0.378 e. The Bertz CT molecular complexity index is 415. The second-order valence-electron chi connectivity index (χ2n) is 5.59. The molecule has 6 nitrogen and oxygen atoms in total. The minimum absolute atomic E-state index is 0.367. The molecule has 6 heteroatoms. The summed E-state index contributed by atoms with van der Waals surface area (Å²) in [4.78, 5) is 6.78. The molecule has 0 bridgehead atoms. The van der Waals surface area contributed by atoms with Crippen molar-refractivity contribution < 1.29 is 9.26 Å². The van der Waals surface area contributed by atoms with Crippen molar-refractivity contribution in [2.24, 2.45) is 0 Å². The smallest absolute Gasteiger partial charge is 0.266 e. The zero-order chi connectivity index (χ0) is 13.8. The molecular weight excluding hydrogens is 256 g/mol. The lowest BCUT2D eigenvalue weighted by Crippen LogP contribution is -2.38. The largest absolute Gasteiger partial charge is 0.378 e. The highest BCUT2D eigenvalue weighted by Crippen LogP contribution is 2.33. The summed E-state index contributed by atoms with van der Waals surface area (Å²) in [5.41, 5.74) is 0. The number of rotatable bonds is 4. The highest BCUT2D eigenvalue weighted by Gasteiger charge is 2.31. The van der Waals surface area contributed by atoms with E-state index in [0.717, 1.165) is 51.1 Å².